The van der Waals surface area contributed by atoms with Crippen molar-refractivity contribution in [3.05, 3.63) is 12.1 Å². The van der Waals surface area contributed by atoms with Crippen LogP contribution in [-0.4, -0.2) is 39.2 Å². The molecule has 2 rings (SSSR count). The van der Waals surface area contributed by atoms with E-state index >= 15 is 0 Å². The summed E-state index contributed by atoms with van der Waals surface area (Å²) in [6, 6.07) is 3.26. The lowest BCUT2D eigenvalue weighted by molar-refractivity contribution is -0.134. The maximum absolute atomic E-state index is 12.6. The number of hydrogen-bond acceptors (Lipinski definition) is 5. The highest BCUT2D eigenvalue weighted by Gasteiger charge is 2.56. The van der Waals surface area contributed by atoms with Gasteiger partial charge in [0.2, 0.25) is 17.6 Å². The second-order valence-corrected chi connectivity index (χ2v) is 6.08. The third-order valence-electron chi connectivity index (χ3n) is 3.96. The fourth-order valence-corrected chi connectivity index (χ4v) is 2.49. The molecule has 0 aliphatic heterocycles. The Kier molecular flexibility index (Phi) is 5.21. The zero-order chi connectivity index (χ0) is 17.9. The van der Waals surface area contributed by atoms with Crippen LogP contribution in [0, 0.1) is 5.41 Å². The minimum absolute atomic E-state index is 0.0102. The number of carbonyl (C=O) groups is 2. The van der Waals surface area contributed by atoms with Gasteiger partial charge < -0.3 is 24.8 Å². The summed E-state index contributed by atoms with van der Waals surface area (Å²) in [6.45, 7) is 3.73. The fraction of sp³-hybridized carbons (Fsp3) is 0.529. The molecule has 2 N–H and O–H groups in total. The molecule has 24 heavy (non-hydrogen) atoms. The molecule has 1 saturated carbocycles. The van der Waals surface area contributed by atoms with E-state index in [0.29, 0.717) is 35.8 Å². The van der Waals surface area contributed by atoms with Crippen LogP contribution in [0.4, 0.5) is 5.69 Å². The quantitative estimate of drug-likeness (QED) is 0.744. The Balaban J connectivity index is 2.22. The summed E-state index contributed by atoms with van der Waals surface area (Å²) in [5, 5.41) is 5.59. The van der Waals surface area contributed by atoms with Crippen molar-refractivity contribution in [2.75, 3.05) is 26.6 Å². The van der Waals surface area contributed by atoms with Crippen molar-refractivity contribution >= 4 is 17.5 Å². The first-order chi connectivity index (χ1) is 11.4. The minimum Gasteiger partial charge on any atom is -0.493 e. The number of nitrogens with one attached hydrogen (secondary N) is 2. The van der Waals surface area contributed by atoms with Crippen LogP contribution in [0.25, 0.3) is 0 Å². The molecule has 1 aliphatic rings. The lowest BCUT2D eigenvalue weighted by atomic mass is 10.0. The number of rotatable bonds is 7. The van der Waals surface area contributed by atoms with E-state index in [1.54, 1.807) is 12.1 Å². The van der Waals surface area contributed by atoms with Crippen LogP contribution in [0.1, 0.15) is 26.7 Å². The molecule has 0 saturated heterocycles. The van der Waals surface area contributed by atoms with E-state index in [1.807, 2.05) is 13.8 Å². The normalized spacial score (nSPS) is 14.8. The topological polar surface area (TPSA) is 85.9 Å². The summed E-state index contributed by atoms with van der Waals surface area (Å²) in [6.07, 6.45) is 1.09. The van der Waals surface area contributed by atoms with E-state index < -0.39 is 5.41 Å². The van der Waals surface area contributed by atoms with Crippen molar-refractivity contribution in [2.24, 2.45) is 5.41 Å². The van der Waals surface area contributed by atoms with Crippen molar-refractivity contribution in [1.29, 1.82) is 0 Å². The van der Waals surface area contributed by atoms with Gasteiger partial charge in [0.15, 0.2) is 11.5 Å². The van der Waals surface area contributed by atoms with Crippen molar-refractivity contribution in [3.8, 4) is 17.2 Å². The van der Waals surface area contributed by atoms with Gasteiger partial charge in [-0.2, -0.15) is 0 Å². The average molecular weight is 336 g/mol. The number of methoxy groups -OCH3 is 3. The molecule has 0 spiro atoms. The van der Waals surface area contributed by atoms with Gasteiger partial charge in [-0.15, -0.1) is 0 Å². The molecule has 1 fully saturated rings. The van der Waals surface area contributed by atoms with Gasteiger partial charge in [0.25, 0.3) is 0 Å². The molecule has 0 atom stereocenters. The molecule has 132 valence electrons. The van der Waals surface area contributed by atoms with Gasteiger partial charge in [0.1, 0.15) is 5.41 Å². The first-order valence-electron chi connectivity index (χ1n) is 7.80. The van der Waals surface area contributed by atoms with Crippen molar-refractivity contribution in [3.63, 3.8) is 0 Å². The molecule has 7 nitrogen and oxygen atoms in total. The second-order valence-electron chi connectivity index (χ2n) is 6.08. The van der Waals surface area contributed by atoms with Crippen LogP contribution in [-0.2, 0) is 9.59 Å². The molecule has 7 heteroatoms. The monoisotopic (exact) mass is 336 g/mol. The Bertz CT molecular complexity index is 613. The largest absolute Gasteiger partial charge is 0.493 e. The zero-order valence-corrected chi connectivity index (χ0v) is 14.7. The fourth-order valence-electron chi connectivity index (χ4n) is 2.49. The van der Waals surface area contributed by atoms with Crippen LogP contribution in [0.5, 0.6) is 17.2 Å². The molecule has 0 heterocycles. The lowest BCUT2D eigenvalue weighted by Gasteiger charge is -2.18. The van der Waals surface area contributed by atoms with Gasteiger partial charge in [0, 0.05) is 23.9 Å². The average Bonchev–Trinajstić information content (AvgIpc) is 3.35. The Labute approximate surface area is 141 Å². The molecule has 0 bridgehead atoms. The van der Waals surface area contributed by atoms with Gasteiger partial charge in [-0.25, -0.2) is 0 Å². The van der Waals surface area contributed by atoms with Crippen LogP contribution < -0.4 is 24.8 Å². The third-order valence-corrected chi connectivity index (χ3v) is 3.96. The van der Waals surface area contributed by atoms with E-state index in [4.69, 9.17) is 14.2 Å². The summed E-state index contributed by atoms with van der Waals surface area (Å²) >= 11 is 0. The molecule has 0 unspecified atom stereocenters. The van der Waals surface area contributed by atoms with Crippen molar-refractivity contribution in [1.82, 2.24) is 5.32 Å². The number of anilines is 1. The highest BCUT2D eigenvalue weighted by Crippen LogP contribution is 2.47. The number of hydrogen-bond donors (Lipinski definition) is 2. The molecule has 1 aliphatic carbocycles. The van der Waals surface area contributed by atoms with Gasteiger partial charge in [-0.1, -0.05) is 0 Å². The molecular formula is C17H24N2O5. The SMILES string of the molecule is COc1cc(NC(=O)C2(C(=O)NC(C)C)CC2)cc(OC)c1OC. The Morgan fingerprint density at radius 1 is 1.00 bits per heavy atom. The van der Waals surface area contributed by atoms with Gasteiger partial charge in [-0.05, 0) is 26.7 Å². The Hall–Kier alpha value is -2.44. The first-order valence-corrected chi connectivity index (χ1v) is 7.80. The number of ether oxygens (including phenoxy) is 3. The molecule has 0 aromatic heterocycles. The van der Waals surface area contributed by atoms with E-state index in [-0.39, 0.29) is 17.9 Å². The molecule has 1 aromatic rings. The van der Waals surface area contributed by atoms with E-state index in [2.05, 4.69) is 10.6 Å². The maximum Gasteiger partial charge on any atom is 0.240 e. The van der Waals surface area contributed by atoms with Crippen LogP contribution in [0.2, 0.25) is 0 Å². The van der Waals surface area contributed by atoms with Crippen molar-refractivity contribution < 1.29 is 23.8 Å². The smallest absolute Gasteiger partial charge is 0.240 e. The molecular weight excluding hydrogens is 312 g/mol. The van der Waals surface area contributed by atoms with E-state index in [0.717, 1.165) is 0 Å². The standard InChI is InChI=1S/C17H24N2O5/c1-10(2)18-15(20)17(6-7-17)16(21)19-11-8-12(22-3)14(24-5)13(9-11)23-4/h8-10H,6-7H2,1-5H3,(H,18,20)(H,19,21). The summed E-state index contributed by atoms with van der Waals surface area (Å²) in [7, 11) is 4.51. The maximum atomic E-state index is 12.6. The van der Waals surface area contributed by atoms with Crippen molar-refractivity contribution in [2.45, 2.75) is 32.7 Å². The summed E-state index contributed by atoms with van der Waals surface area (Å²) < 4.78 is 15.8. The summed E-state index contributed by atoms with van der Waals surface area (Å²) in [5.74, 6) is 0.751. The highest BCUT2D eigenvalue weighted by atomic mass is 16.5. The van der Waals surface area contributed by atoms with Gasteiger partial charge in [0.05, 0.1) is 21.3 Å². The lowest BCUT2D eigenvalue weighted by Crippen LogP contribution is -2.42. The predicted molar refractivity (Wildman–Crippen MR) is 89.7 cm³/mol. The number of amides is 2. The van der Waals surface area contributed by atoms with Gasteiger partial charge >= 0.3 is 0 Å². The first kappa shape index (κ1) is 17.9. The van der Waals surface area contributed by atoms with Gasteiger partial charge in [-0.3, -0.25) is 9.59 Å². The molecule has 2 amide bonds. The van der Waals surface area contributed by atoms with E-state index in [1.165, 1.54) is 21.3 Å². The Morgan fingerprint density at radius 3 is 1.92 bits per heavy atom. The second kappa shape index (κ2) is 6.98. The van der Waals surface area contributed by atoms with E-state index in [9.17, 15) is 9.59 Å². The highest BCUT2D eigenvalue weighted by molar-refractivity contribution is 6.13. The molecule has 1 aromatic carbocycles. The Morgan fingerprint density at radius 2 is 1.54 bits per heavy atom. The number of benzene rings is 1. The molecule has 0 radical (unpaired) electrons. The summed E-state index contributed by atoms with van der Waals surface area (Å²) in [4.78, 5) is 24.9. The van der Waals surface area contributed by atoms with Crippen LogP contribution >= 0.6 is 0 Å². The van der Waals surface area contributed by atoms with Crippen LogP contribution in [0.3, 0.4) is 0 Å². The minimum atomic E-state index is -0.981. The predicted octanol–water partition coefficient (Wildman–Crippen LogP) is 1.96. The number of carbonyl (C=O) groups excluding carboxylic acids is 2. The summed E-state index contributed by atoms with van der Waals surface area (Å²) in [5.41, 5.74) is -0.497. The zero-order valence-electron chi connectivity index (χ0n) is 14.7. The van der Waals surface area contributed by atoms with Crippen LogP contribution in [0.15, 0.2) is 12.1 Å². The third kappa shape index (κ3) is 3.39.